The maximum Gasteiger partial charge on any atom is 0.0871 e. The Balaban J connectivity index is 3.14. The minimum atomic E-state index is -0.947. The molecule has 1 aliphatic heterocycles. The van der Waals surface area contributed by atoms with E-state index in [2.05, 4.69) is 45.2 Å². The maximum atomic E-state index is 6.08. The minimum absolute atomic E-state index is 0.0935. The predicted octanol–water partition coefficient (Wildman–Crippen LogP) is 4.46. The van der Waals surface area contributed by atoms with E-state index in [4.69, 9.17) is 22.5 Å². The molecule has 1 rings (SSSR count). The lowest BCUT2D eigenvalue weighted by molar-refractivity contribution is 0.175. The number of nitrogens with one attached hydrogen (secondary N) is 1. The molecule has 0 aromatic heterocycles. The fourth-order valence-corrected chi connectivity index (χ4v) is 6.04. The number of nitrogens with zero attached hydrogens (tertiary/aromatic N) is 1. The first-order chi connectivity index (χ1) is 8.24. The number of rotatable bonds is 5. The molecule has 0 aromatic rings. The highest BCUT2D eigenvalue weighted by Crippen LogP contribution is 2.53. The molecule has 0 radical (unpaired) electrons. The molecule has 18 heavy (non-hydrogen) atoms. The molecule has 2 unspecified atom stereocenters. The standard InChI is InChI=1S/C12H22Cl2N2P2/c1-8-9(2)12(4,17-10(8)3)11(7-18(13)14)16(6)15-5/h11,15H,7H2,1-6H3. The maximum absolute atomic E-state index is 6.08. The average molecular weight is 327 g/mol. The Morgan fingerprint density at radius 1 is 1.39 bits per heavy atom. The zero-order valence-electron chi connectivity index (χ0n) is 11.9. The average Bonchev–Trinajstić information content (AvgIpc) is 2.50. The van der Waals surface area contributed by atoms with Crippen molar-refractivity contribution in [3.8, 4) is 0 Å². The summed E-state index contributed by atoms with van der Waals surface area (Å²) in [4.78, 5) is 0. The van der Waals surface area contributed by atoms with Crippen molar-refractivity contribution in [1.82, 2.24) is 10.4 Å². The van der Waals surface area contributed by atoms with Crippen LogP contribution in [-0.2, 0) is 0 Å². The largest absolute Gasteiger partial charge is 0.258 e. The van der Waals surface area contributed by atoms with E-state index in [0.717, 1.165) is 6.16 Å². The molecule has 0 saturated carbocycles. The summed E-state index contributed by atoms with van der Waals surface area (Å²) in [5, 5.41) is 3.69. The van der Waals surface area contributed by atoms with Gasteiger partial charge in [0.05, 0.1) is 6.63 Å². The van der Waals surface area contributed by atoms with Gasteiger partial charge in [-0.1, -0.05) is 36.3 Å². The van der Waals surface area contributed by atoms with E-state index in [1.54, 1.807) is 0 Å². The van der Waals surface area contributed by atoms with E-state index in [9.17, 15) is 0 Å². The van der Waals surface area contributed by atoms with Crippen molar-refractivity contribution in [3.63, 3.8) is 0 Å². The van der Waals surface area contributed by atoms with E-state index in [1.165, 1.54) is 24.6 Å². The second kappa shape index (κ2) is 6.53. The van der Waals surface area contributed by atoms with Crippen LogP contribution in [0.25, 0.3) is 0 Å². The molecule has 2 nitrogen and oxygen atoms in total. The van der Waals surface area contributed by atoms with Crippen molar-refractivity contribution in [2.75, 3.05) is 20.3 Å². The summed E-state index contributed by atoms with van der Waals surface area (Å²) in [5.41, 5.74) is 6.10. The lowest BCUT2D eigenvalue weighted by atomic mass is 9.90. The summed E-state index contributed by atoms with van der Waals surface area (Å²) in [5.74, 6) is 0. The highest BCUT2D eigenvalue weighted by atomic mass is 35.9. The molecule has 104 valence electrons. The fraction of sp³-hybridized carbons (Fsp3) is 0.750. The molecule has 0 amide bonds. The Morgan fingerprint density at radius 3 is 2.28 bits per heavy atom. The fourth-order valence-electron chi connectivity index (χ4n) is 2.46. The van der Waals surface area contributed by atoms with Gasteiger partial charge in [-0.15, -0.1) is 0 Å². The molecule has 0 bridgehead atoms. The van der Waals surface area contributed by atoms with Gasteiger partial charge in [0, 0.05) is 24.4 Å². The molecule has 0 fully saturated rings. The smallest absolute Gasteiger partial charge is 0.0871 e. The monoisotopic (exact) mass is 326 g/mol. The van der Waals surface area contributed by atoms with Gasteiger partial charge in [-0.05, 0) is 45.6 Å². The normalized spacial score (nSPS) is 27.1. The number of allylic oxidation sites excluding steroid dienone is 1. The van der Waals surface area contributed by atoms with Crippen LogP contribution in [0.2, 0.25) is 0 Å². The van der Waals surface area contributed by atoms with Gasteiger partial charge in [0.25, 0.3) is 0 Å². The van der Waals surface area contributed by atoms with Crippen LogP contribution < -0.4 is 5.43 Å². The second-order valence-electron chi connectivity index (χ2n) is 4.93. The predicted molar refractivity (Wildman–Crippen MR) is 88.5 cm³/mol. The van der Waals surface area contributed by atoms with Crippen LogP contribution in [0.1, 0.15) is 27.7 Å². The van der Waals surface area contributed by atoms with Crippen LogP contribution in [0.5, 0.6) is 0 Å². The third-order valence-electron chi connectivity index (χ3n) is 4.04. The van der Waals surface area contributed by atoms with Crippen LogP contribution in [0, 0.1) is 0 Å². The molecule has 1 aliphatic rings. The number of hydrogen-bond donors (Lipinski definition) is 1. The highest BCUT2D eigenvalue weighted by Gasteiger charge is 2.42. The van der Waals surface area contributed by atoms with Crippen LogP contribution in [-0.4, -0.2) is 41.8 Å². The summed E-state index contributed by atoms with van der Waals surface area (Å²) < 4.78 is 0. The molecule has 0 spiro atoms. The van der Waals surface area contributed by atoms with E-state index in [1.807, 2.05) is 7.05 Å². The topological polar surface area (TPSA) is 15.3 Å². The summed E-state index contributed by atoms with van der Waals surface area (Å²) in [6, 6.07) is 0.303. The van der Waals surface area contributed by atoms with E-state index in [0.29, 0.717) is 6.04 Å². The van der Waals surface area contributed by atoms with E-state index in [-0.39, 0.29) is 5.16 Å². The van der Waals surface area contributed by atoms with Crippen LogP contribution in [0.4, 0.5) is 0 Å². The van der Waals surface area contributed by atoms with Crippen LogP contribution >= 0.6 is 37.3 Å². The number of hydrazine groups is 1. The molecule has 6 heteroatoms. The van der Waals surface area contributed by atoms with Gasteiger partial charge in [-0.3, -0.25) is 5.43 Å². The summed E-state index contributed by atoms with van der Waals surface area (Å²) in [7, 11) is 5.38. The van der Waals surface area contributed by atoms with Crippen molar-refractivity contribution < 1.29 is 0 Å². The van der Waals surface area contributed by atoms with Gasteiger partial charge >= 0.3 is 0 Å². The third kappa shape index (κ3) is 3.29. The first-order valence-electron chi connectivity index (χ1n) is 5.98. The van der Waals surface area contributed by atoms with Crippen LogP contribution in [0.3, 0.4) is 0 Å². The first kappa shape index (κ1) is 16.9. The molecule has 0 saturated heterocycles. The molecular formula is C12H22Cl2N2P2. The van der Waals surface area contributed by atoms with Gasteiger partial charge in [-0.25, -0.2) is 5.01 Å². The quantitative estimate of drug-likeness (QED) is 0.592. The molecule has 1 heterocycles. The second-order valence-corrected chi connectivity index (χ2v) is 10.7. The van der Waals surface area contributed by atoms with Gasteiger partial charge in [0.1, 0.15) is 0 Å². The number of halogens is 2. The van der Waals surface area contributed by atoms with Gasteiger partial charge < -0.3 is 0 Å². The molecule has 0 aliphatic carbocycles. The highest BCUT2D eigenvalue weighted by molar-refractivity contribution is 8.03. The van der Waals surface area contributed by atoms with Crippen molar-refractivity contribution in [1.29, 1.82) is 0 Å². The molecule has 1 N–H and O–H groups in total. The molecular weight excluding hydrogens is 305 g/mol. The lowest BCUT2D eigenvalue weighted by Crippen LogP contribution is -2.52. The van der Waals surface area contributed by atoms with Gasteiger partial charge in [0.15, 0.2) is 0 Å². The van der Waals surface area contributed by atoms with E-state index < -0.39 is 6.63 Å². The van der Waals surface area contributed by atoms with Gasteiger partial charge in [0.2, 0.25) is 0 Å². The zero-order valence-corrected chi connectivity index (χ0v) is 15.2. The molecule has 0 aromatic carbocycles. The summed E-state index contributed by atoms with van der Waals surface area (Å²) in [6.07, 6.45) is 0.817. The van der Waals surface area contributed by atoms with Crippen molar-refractivity contribution in [3.05, 3.63) is 11.1 Å². The van der Waals surface area contributed by atoms with Crippen LogP contribution in [0.15, 0.2) is 11.1 Å². The summed E-state index contributed by atoms with van der Waals surface area (Å²) >= 11 is 12.2. The Hall–Kier alpha value is 0.840. The third-order valence-corrected chi connectivity index (χ3v) is 7.26. The Bertz CT molecular complexity index is 382. The number of hydrogen-bond acceptors (Lipinski definition) is 2. The van der Waals surface area contributed by atoms with Crippen molar-refractivity contribution in [2.24, 2.45) is 0 Å². The SMILES string of the molecule is CNN(C)C(CP(Cl)Cl)C1(C)P=C(C)C(C)=C1C. The van der Waals surface area contributed by atoms with Gasteiger partial charge in [-0.2, -0.15) is 0 Å². The van der Waals surface area contributed by atoms with Crippen molar-refractivity contribution >= 4 is 42.6 Å². The Morgan fingerprint density at radius 2 is 1.94 bits per heavy atom. The molecule has 2 atom stereocenters. The Labute approximate surface area is 123 Å². The first-order valence-corrected chi connectivity index (χ1v) is 10.2. The lowest BCUT2D eigenvalue weighted by Gasteiger charge is -2.40. The van der Waals surface area contributed by atoms with E-state index >= 15 is 0 Å². The zero-order chi connectivity index (χ0) is 14.1. The van der Waals surface area contributed by atoms with Crippen molar-refractivity contribution in [2.45, 2.75) is 38.9 Å². The Kier molecular flexibility index (Phi) is 6.13. The minimum Gasteiger partial charge on any atom is -0.258 e. The summed E-state index contributed by atoms with van der Waals surface area (Å²) in [6.45, 7) is 8.03.